The van der Waals surface area contributed by atoms with Gasteiger partial charge in [0.2, 0.25) is 0 Å². The Bertz CT molecular complexity index is 297. The maximum atomic E-state index is 5.09. The standard InChI is InChI=1S/C9H8INO/c10-9-6-8(11-12-9)7-4-2-1-3-5-7/h1-5,9H,6H2. The zero-order valence-electron chi connectivity index (χ0n) is 6.40. The predicted octanol–water partition coefficient (Wildman–Crippen LogP) is 2.57. The third-order valence-electron chi connectivity index (χ3n) is 1.74. The highest BCUT2D eigenvalue weighted by Crippen LogP contribution is 2.20. The van der Waals surface area contributed by atoms with Crippen molar-refractivity contribution in [3.05, 3.63) is 35.9 Å². The third-order valence-corrected chi connectivity index (χ3v) is 2.41. The zero-order valence-corrected chi connectivity index (χ0v) is 8.56. The van der Waals surface area contributed by atoms with Gasteiger partial charge in [-0.25, -0.2) is 0 Å². The fraction of sp³-hybridized carbons (Fsp3) is 0.222. The highest BCUT2D eigenvalue weighted by molar-refractivity contribution is 14.1. The maximum Gasteiger partial charge on any atom is 0.183 e. The molecule has 0 saturated heterocycles. The van der Waals surface area contributed by atoms with Gasteiger partial charge in [-0.2, -0.15) is 0 Å². The van der Waals surface area contributed by atoms with E-state index in [0.717, 1.165) is 17.7 Å². The van der Waals surface area contributed by atoms with E-state index < -0.39 is 0 Å². The van der Waals surface area contributed by atoms with Gasteiger partial charge in [0.05, 0.1) is 5.71 Å². The Kier molecular flexibility index (Phi) is 2.30. The summed E-state index contributed by atoms with van der Waals surface area (Å²) in [6.07, 6.45) is 0.907. The molecule has 0 spiro atoms. The molecule has 3 heteroatoms. The molecule has 0 saturated carbocycles. The lowest BCUT2D eigenvalue weighted by Gasteiger charge is -1.96. The molecule has 1 aliphatic rings. The van der Waals surface area contributed by atoms with E-state index >= 15 is 0 Å². The van der Waals surface area contributed by atoms with Gasteiger partial charge in [-0.05, 0) is 28.2 Å². The van der Waals surface area contributed by atoms with Gasteiger partial charge in [0.25, 0.3) is 0 Å². The molecule has 1 aliphatic heterocycles. The molecule has 0 radical (unpaired) electrons. The molecule has 0 aliphatic carbocycles. The van der Waals surface area contributed by atoms with E-state index in [4.69, 9.17) is 4.84 Å². The molecule has 1 atom stereocenters. The Balaban J connectivity index is 2.22. The molecule has 1 unspecified atom stereocenters. The minimum atomic E-state index is 0.206. The topological polar surface area (TPSA) is 21.6 Å². The second kappa shape index (κ2) is 3.43. The number of rotatable bonds is 1. The number of nitrogens with zero attached hydrogens (tertiary/aromatic N) is 1. The fourth-order valence-electron chi connectivity index (χ4n) is 1.15. The van der Waals surface area contributed by atoms with Crippen LogP contribution in [0.5, 0.6) is 0 Å². The van der Waals surface area contributed by atoms with Crippen LogP contribution in [0.15, 0.2) is 35.5 Å². The SMILES string of the molecule is IC1CC(c2ccccc2)=NO1. The average Bonchev–Trinajstić information content (AvgIpc) is 2.54. The van der Waals surface area contributed by atoms with Crippen LogP contribution in [-0.4, -0.2) is 9.82 Å². The van der Waals surface area contributed by atoms with Crippen LogP contribution >= 0.6 is 22.6 Å². The van der Waals surface area contributed by atoms with Crippen molar-refractivity contribution in [2.45, 2.75) is 10.5 Å². The van der Waals surface area contributed by atoms with Gasteiger partial charge >= 0.3 is 0 Å². The monoisotopic (exact) mass is 273 g/mol. The smallest absolute Gasteiger partial charge is 0.183 e. The molecule has 0 bridgehead atoms. The summed E-state index contributed by atoms with van der Waals surface area (Å²) in [4.78, 5) is 5.09. The van der Waals surface area contributed by atoms with Crippen LogP contribution in [-0.2, 0) is 4.84 Å². The third kappa shape index (κ3) is 1.60. The molecule has 0 N–H and O–H groups in total. The van der Waals surface area contributed by atoms with Crippen molar-refractivity contribution in [1.29, 1.82) is 0 Å². The number of benzene rings is 1. The normalized spacial score (nSPS) is 21.8. The van der Waals surface area contributed by atoms with Gasteiger partial charge in [0.15, 0.2) is 4.11 Å². The Morgan fingerprint density at radius 1 is 1.33 bits per heavy atom. The molecule has 2 nitrogen and oxygen atoms in total. The highest BCUT2D eigenvalue weighted by atomic mass is 127. The second-order valence-corrected chi connectivity index (χ2v) is 4.01. The molecule has 0 amide bonds. The van der Waals surface area contributed by atoms with Crippen molar-refractivity contribution < 1.29 is 4.84 Å². The highest BCUT2D eigenvalue weighted by Gasteiger charge is 2.18. The van der Waals surface area contributed by atoms with Crippen LogP contribution < -0.4 is 0 Å². The Morgan fingerprint density at radius 2 is 2.08 bits per heavy atom. The zero-order chi connectivity index (χ0) is 8.39. The van der Waals surface area contributed by atoms with Crippen LogP contribution in [0.2, 0.25) is 0 Å². The van der Waals surface area contributed by atoms with Crippen molar-refractivity contribution in [3.8, 4) is 0 Å². The molecule has 12 heavy (non-hydrogen) atoms. The maximum absolute atomic E-state index is 5.09. The molecule has 1 aromatic carbocycles. The Hall–Kier alpha value is -0.580. The lowest BCUT2D eigenvalue weighted by atomic mass is 10.1. The predicted molar refractivity (Wildman–Crippen MR) is 56.5 cm³/mol. The van der Waals surface area contributed by atoms with Gasteiger partial charge < -0.3 is 4.84 Å². The first-order chi connectivity index (χ1) is 5.86. The summed E-state index contributed by atoms with van der Waals surface area (Å²) in [6.45, 7) is 0. The number of hydrogen-bond donors (Lipinski definition) is 0. The van der Waals surface area contributed by atoms with E-state index in [-0.39, 0.29) is 4.11 Å². The average molecular weight is 273 g/mol. The summed E-state index contributed by atoms with van der Waals surface area (Å²) in [5.41, 5.74) is 2.21. The second-order valence-electron chi connectivity index (χ2n) is 2.62. The van der Waals surface area contributed by atoms with Crippen LogP contribution in [0.4, 0.5) is 0 Å². The molecule has 2 rings (SSSR count). The lowest BCUT2D eigenvalue weighted by Crippen LogP contribution is -1.99. The first kappa shape index (κ1) is 8.04. The van der Waals surface area contributed by atoms with E-state index in [1.807, 2.05) is 18.2 Å². The molecular weight excluding hydrogens is 265 g/mol. The van der Waals surface area contributed by atoms with Gasteiger partial charge in [0, 0.05) is 6.42 Å². The fourth-order valence-corrected chi connectivity index (χ4v) is 1.68. The number of alkyl halides is 1. The molecule has 0 fully saturated rings. The van der Waals surface area contributed by atoms with Crippen LogP contribution in [0.3, 0.4) is 0 Å². The van der Waals surface area contributed by atoms with Gasteiger partial charge in [-0.15, -0.1) is 0 Å². The van der Waals surface area contributed by atoms with Crippen molar-refractivity contribution in [2.75, 3.05) is 0 Å². The molecule has 1 heterocycles. The largest absolute Gasteiger partial charge is 0.381 e. The molecule has 0 aromatic heterocycles. The lowest BCUT2D eigenvalue weighted by molar-refractivity contribution is 0.159. The Morgan fingerprint density at radius 3 is 2.67 bits per heavy atom. The van der Waals surface area contributed by atoms with Crippen molar-refractivity contribution in [3.63, 3.8) is 0 Å². The van der Waals surface area contributed by atoms with Gasteiger partial charge in [-0.3, -0.25) is 0 Å². The van der Waals surface area contributed by atoms with E-state index in [1.54, 1.807) is 0 Å². The number of halogens is 1. The minimum absolute atomic E-state index is 0.206. The summed E-state index contributed by atoms with van der Waals surface area (Å²) in [5.74, 6) is 0. The van der Waals surface area contributed by atoms with Crippen molar-refractivity contribution in [2.24, 2.45) is 5.16 Å². The van der Waals surface area contributed by atoms with E-state index in [9.17, 15) is 0 Å². The molecule has 62 valence electrons. The molecule has 1 aromatic rings. The van der Waals surface area contributed by atoms with Crippen LogP contribution in [0, 0.1) is 0 Å². The molecular formula is C9H8INO. The summed E-state index contributed by atoms with van der Waals surface area (Å²) in [7, 11) is 0. The number of oxime groups is 1. The van der Waals surface area contributed by atoms with E-state index in [0.29, 0.717) is 0 Å². The quantitative estimate of drug-likeness (QED) is 0.569. The van der Waals surface area contributed by atoms with Crippen LogP contribution in [0.1, 0.15) is 12.0 Å². The summed E-state index contributed by atoms with van der Waals surface area (Å²) >= 11 is 2.24. The van der Waals surface area contributed by atoms with Gasteiger partial charge in [0.1, 0.15) is 0 Å². The summed E-state index contributed by atoms with van der Waals surface area (Å²) in [6, 6.07) is 10.1. The van der Waals surface area contributed by atoms with E-state index in [1.165, 1.54) is 0 Å². The first-order valence-corrected chi connectivity index (χ1v) is 5.03. The minimum Gasteiger partial charge on any atom is -0.381 e. The number of hydrogen-bond acceptors (Lipinski definition) is 2. The van der Waals surface area contributed by atoms with E-state index in [2.05, 4.69) is 39.9 Å². The van der Waals surface area contributed by atoms with Crippen molar-refractivity contribution >= 4 is 28.3 Å². The van der Waals surface area contributed by atoms with Crippen LogP contribution in [0.25, 0.3) is 0 Å². The first-order valence-electron chi connectivity index (χ1n) is 3.78. The van der Waals surface area contributed by atoms with Crippen molar-refractivity contribution in [1.82, 2.24) is 0 Å². The Labute approximate surface area is 84.7 Å². The van der Waals surface area contributed by atoms with Gasteiger partial charge in [-0.1, -0.05) is 35.5 Å². The summed E-state index contributed by atoms with van der Waals surface area (Å²) in [5, 5.41) is 4.00. The summed E-state index contributed by atoms with van der Waals surface area (Å²) < 4.78 is 0.206.